The van der Waals surface area contributed by atoms with Gasteiger partial charge in [-0.15, -0.1) is 0 Å². The predicted octanol–water partition coefficient (Wildman–Crippen LogP) is 4.05. The molecular formula is C37H34N2O9. The molecule has 0 amide bonds. The van der Waals surface area contributed by atoms with Crippen molar-refractivity contribution in [2.45, 2.75) is 30.1 Å². The highest BCUT2D eigenvalue weighted by Gasteiger charge is 2.49. The van der Waals surface area contributed by atoms with Crippen LogP contribution in [0.5, 0.6) is 11.5 Å². The molecule has 48 heavy (non-hydrogen) atoms. The van der Waals surface area contributed by atoms with E-state index in [1.807, 2.05) is 78.9 Å². The van der Waals surface area contributed by atoms with Gasteiger partial charge in [0.25, 0.3) is 5.56 Å². The second-order valence-electron chi connectivity index (χ2n) is 11.1. The smallest absolute Gasteiger partial charge is 0.338 e. The molecule has 246 valence electrons. The molecule has 11 nitrogen and oxygen atoms in total. The quantitative estimate of drug-likeness (QED) is 0.160. The minimum atomic E-state index is -1.50. The van der Waals surface area contributed by atoms with Gasteiger partial charge < -0.3 is 28.8 Å². The highest BCUT2D eigenvalue weighted by atomic mass is 16.6. The number of carbonyl (C=O) groups is 1. The highest BCUT2D eigenvalue weighted by Crippen LogP contribution is 2.43. The number of H-pyrrole nitrogens is 1. The van der Waals surface area contributed by atoms with Crippen molar-refractivity contribution >= 4 is 5.97 Å². The van der Waals surface area contributed by atoms with Crippen LogP contribution in [-0.2, 0) is 19.8 Å². The molecular weight excluding hydrogens is 616 g/mol. The van der Waals surface area contributed by atoms with E-state index in [-0.39, 0.29) is 12.2 Å². The molecule has 11 heteroatoms. The van der Waals surface area contributed by atoms with Crippen molar-refractivity contribution in [3.05, 3.63) is 165 Å². The van der Waals surface area contributed by atoms with Crippen molar-refractivity contribution < 1.29 is 33.6 Å². The van der Waals surface area contributed by atoms with Crippen molar-refractivity contribution in [2.75, 3.05) is 20.8 Å². The fourth-order valence-corrected chi connectivity index (χ4v) is 5.90. The van der Waals surface area contributed by atoms with Crippen LogP contribution in [0, 0.1) is 0 Å². The number of aliphatic hydroxyl groups is 1. The molecule has 0 radical (unpaired) electrons. The summed E-state index contributed by atoms with van der Waals surface area (Å²) in [6, 6.07) is 34.0. The molecule has 6 rings (SSSR count). The van der Waals surface area contributed by atoms with Crippen molar-refractivity contribution in [3.63, 3.8) is 0 Å². The van der Waals surface area contributed by atoms with Crippen LogP contribution < -0.4 is 20.7 Å². The summed E-state index contributed by atoms with van der Waals surface area (Å²) < 4.78 is 31.0. The predicted molar refractivity (Wildman–Crippen MR) is 175 cm³/mol. The lowest BCUT2D eigenvalue weighted by Gasteiger charge is -2.37. The zero-order valence-corrected chi connectivity index (χ0v) is 26.2. The van der Waals surface area contributed by atoms with E-state index in [4.69, 9.17) is 23.7 Å². The Labute approximate surface area is 275 Å². The summed E-state index contributed by atoms with van der Waals surface area (Å²) in [4.78, 5) is 40.0. The number of benzene rings is 4. The standard InChI is InChI=1S/C37H34N2O9/c1-44-28-17-13-26(14-18-28)37(25-11-7-4-8-12-25,27-15-19-29(45-2)20-16-27)46-23-30-33(48-35(42)24-9-5-3-6-10-24)32(41)34(47-30)39-22-21-31(40)38-36(39)43/h3-22,30,32-34,41H,23H2,1-2H3,(H,38,40,43)/t30-,32-,33-,34-/m1/s1. The summed E-state index contributed by atoms with van der Waals surface area (Å²) in [6.07, 6.45) is -3.90. The van der Waals surface area contributed by atoms with E-state index in [1.165, 1.54) is 6.20 Å². The van der Waals surface area contributed by atoms with Crippen LogP contribution in [0.2, 0.25) is 0 Å². The zero-order chi connectivity index (χ0) is 33.7. The molecule has 5 aromatic rings. The van der Waals surface area contributed by atoms with Gasteiger partial charge >= 0.3 is 11.7 Å². The molecule has 4 aromatic carbocycles. The molecule has 2 heterocycles. The fourth-order valence-electron chi connectivity index (χ4n) is 5.90. The lowest BCUT2D eigenvalue weighted by Crippen LogP contribution is -2.42. The molecule has 0 aliphatic carbocycles. The Morgan fingerprint density at radius 3 is 1.88 bits per heavy atom. The molecule has 0 unspecified atom stereocenters. The first-order chi connectivity index (χ1) is 23.3. The summed E-state index contributed by atoms with van der Waals surface area (Å²) in [5.74, 6) is 0.613. The normalized spacial score (nSPS) is 19.1. The molecule has 0 spiro atoms. The maximum atomic E-state index is 13.3. The number of aromatic amines is 1. The number of aromatic nitrogens is 2. The first-order valence-corrected chi connectivity index (χ1v) is 15.2. The van der Waals surface area contributed by atoms with Gasteiger partial charge in [-0.3, -0.25) is 14.3 Å². The van der Waals surface area contributed by atoms with Crippen LogP contribution in [0.4, 0.5) is 0 Å². The summed E-state index contributed by atoms with van der Waals surface area (Å²) in [7, 11) is 3.17. The van der Waals surface area contributed by atoms with E-state index in [1.54, 1.807) is 44.6 Å². The first-order valence-electron chi connectivity index (χ1n) is 15.2. The summed E-state index contributed by atoms with van der Waals surface area (Å²) >= 11 is 0. The third-order valence-corrected chi connectivity index (χ3v) is 8.32. The topological polar surface area (TPSA) is 138 Å². The second-order valence-corrected chi connectivity index (χ2v) is 11.1. The molecule has 4 atom stereocenters. The number of ether oxygens (including phenoxy) is 5. The Kier molecular flexibility index (Phi) is 9.53. The van der Waals surface area contributed by atoms with Crippen LogP contribution in [0.25, 0.3) is 0 Å². The molecule has 0 saturated carbocycles. The Morgan fingerprint density at radius 2 is 1.33 bits per heavy atom. The Hall–Kier alpha value is -5.49. The van der Waals surface area contributed by atoms with Gasteiger partial charge in [-0.05, 0) is 53.1 Å². The molecule has 0 bridgehead atoms. The van der Waals surface area contributed by atoms with Gasteiger partial charge in [-0.2, -0.15) is 0 Å². The number of rotatable bonds is 11. The van der Waals surface area contributed by atoms with Crippen LogP contribution in [-0.4, -0.2) is 59.8 Å². The molecule has 2 N–H and O–H groups in total. The number of esters is 1. The number of methoxy groups -OCH3 is 2. The average molecular weight is 651 g/mol. The van der Waals surface area contributed by atoms with Gasteiger partial charge in [0.2, 0.25) is 0 Å². The van der Waals surface area contributed by atoms with E-state index in [0.717, 1.165) is 27.3 Å². The number of carbonyl (C=O) groups excluding carboxylic acids is 1. The van der Waals surface area contributed by atoms with E-state index in [0.29, 0.717) is 11.5 Å². The maximum Gasteiger partial charge on any atom is 0.338 e. The van der Waals surface area contributed by atoms with Gasteiger partial charge in [0, 0.05) is 12.3 Å². The average Bonchev–Trinajstić information content (AvgIpc) is 3.43. The molecule has 1 aliphatic rings. The van der Waals surface area contributed by atoms with Crippen molar-refractivity contribution in [3.8, 4) is 11.5 Å². The molecule has 1 aromatic heterocycles. The summed E-state index contributed by atoms with van der Waals surface area (Å²) in [6.45, 7) is -0.203. The third-order valence-electron chi connectivity index (χ3n) is 8.32. The largest absolute Gasteiger partial charge is 0.497 e. The summed E-state index contributed by atoms with van der Waals surface area (Å²) in [5, 5.41) is 11.5. The lowest BCUT2D eigenvalue weighted by atomic mass is 9.80. The Bertz CT molecular complexity index is 1890. The molecule has 1 saturated heterocycles. The number of nitrogens with zero attached hydrogens (tertiary/aromatic N) is 1. The minimum Gasteiger partial charge on any atom is -0.497 e. The second kappa shape index (κ2) is 14.1. The monoisotopic (exact) mass is 650 g/mol. The van der Waals surface area contributed by atoms with E-state index in [2.05, 4.69) is 4.98 Å². The first kappa shape index (κ1) is 32.5. The van der Waals surface area contributed by atoms with Crippen molar-refractivity contribution in [1.29, 1.82) is 0 Å². The minimum absolute atomic E-state index is 0.203. The maximum absolute atomic E-state index is 13.3. The number of nitrogens with one attached hydrogen (secondary N) is 1. The SMILES string of the molecule is COc1ccc(C(OC[C@H]2O[C@@H](n3ccc(=O)[nH]c3=O)[C@H](O)[C@@H]2OC(=O)c2ccccc2)(c2ccccc2)c2ccc(OC)cc2)cc1. The molecule has 1 aliphatic heterocycles. The van der Waals surface area contributed by atoms with Crippen LogP contribution in [0.15, 0.2) is 131 Å². The van der Waals surface area contributed by atoms with Crippen molar-refractivity contribution in [2.24, 2.45) is 0 Å². The van der Waals surface area contributed by atoms with Gasteiger partial charge in [0.15, 0.2) is 12.3 Å². The van der Waals surface area contributed by atoms with Gasteiger partial charge in [-0.1, -0.05) is 72.8 Å². The third kappa shape index (κ3) is 6.39. The zero-order valence-electron chi connectivity index (χ0n) is 26.2. The van der Waals surface area contributed by atoms with Gasteiger partial charge in [-0.25, -0.2) is 9.59 Å². The van der Waals surface area contributed by atoms with Crippen LogP contribution in [0.1, 0.15) is 33.3 Å². The number of hydrogen-bond donors (Lipinski definition) is 2. The van der Waals surface area contributed by atoms with E-state index in [9.17, 15) is 19.5 Å². The summed E-state index contributed by atoms with van der Waals surface area (Å²) in [5.41, 5.74) is -0.0866. The highest BCUT2D eigenvalue weighted by molar-refractivity contribution is 5.89. The van der Waals surface area contributed by atoms with Crippen LogP contribution >= 0.6 is 0 Å². The van der Waals surface area contributed by atoms with Gasteiger partial charge in [0.05, 0.1) is 26.4 Å². The Morgan fingerprint density at radius 1 is 0.792 bits per heavy atom. The molecule has 1 fully saturated rings. The Balaban J connectivity index is 1.43. The number of hydrogen-bond acceptors (Lipinski definition) is 9. The number of aliphatic hydroxyl groups excluding tert-OH is 1. The van der Waals surface area contributed by atoms with E-state index < -0.39 is 47.4 Å². The van der Waals surface area contributed by atoms with Crippen molar-refractivity contribution in [1.82, 2.24) is 9.55 Å². The van der Waals surface area contributed by atoms with E-state index >= 15 is 0 Å². The van der Waals surface area contributed by atoms with Crippen LogP contribution in [0.3, 0.4) is 0 Å². The lowest BCUT2D eigenvalue weighted by molar-refractivity contribution is -0.0975. The fraction of sp³-hybridized carbons (Fsp3) is 0.216. The van der Waals surface area contributed by atoms with Gasteiger partial charge in [0.1, 0.15) is 29.3 Å².